The molecular formula is C20H19N3O5. The van der Waals surface area contributed by atoms with Crippen molar-refractivity contribution < 1.29 is 14.3 Å². The molecule has 1 aliphatic heterocycles. The Morgan fingerprint density at radius 3 is 2.46 bits per heavy atom. The molecular weight excluding hydrogens is 362 g/mol. The number of ether oxygens (including phenoxy) is 2. The molecule has 1 amide bonds. The van der Waals surface area contributed by atoms with Crippen molar-refractivity contribution in [2.45, 2.75) is 19.4 Å². The van der Waals surface area contributed by atoms with Gasteiger partial charge in [0.25, 0.3) is 5.91 Å². The topological polar surface area (TPSA) is 113 Å². The number of aromatic amines is 2. The van der Waals surface area contributed by atoms with Gasteiger partial charge in [0.05, 0.1) is 30.3 Å². The van der Waals surface area contributed by atoms with Crippen molar-refractivity contribution in [2.75, 3.05) is 13.2 Å². The smallest absolute Gasteiger partial charge is 0.314 e. The predicted molar refractivity (Wildman–Crippen MR) is 103 cm³/mol. The molecule has 3 aromatic rings. The van der Waals surface area contributed by atoms with E-state index in [1.54, 1.807) is 12.1 Å². The first kappa shape index (κ1) is 17.8. The number of rotatable bonds is 3. The molecule has 1 atom stereocenters. The minimum atomic E-state index is -0.759. The number of carbonyl (C=O) groups is 1. The maximum Gasteiger partial charge on any atom is 0.314 e. The van der Waals surface area contributed by atoms with E-state index in [2.05, 4.69) is 15.3 Å². The van der Waals surface area contributed by atoms with Gasteiger partial charge in [-0.15, -0.1) is 0 Å². The Balaban J connectivity index is 1.55. The first-order valence-electron chi connectivity index (χ1n) is 8.98. The van der Waals surface area contributed by atoms with Crippen LogP contribution < -0.4 is 25.9 Å². The van der Waals surface area contributed by atoms with Gasteiger partial charge in [0, 0.05) is 12.0 Å². The van der Waals surface area contributed by atoms with E-state index >= 15 is 0 Å². The van der Waals surface area contributed by atoms with Crippen LogP contribution in [0, 0.1) is 0 Å². The Morgan fingerprint density at radius 2 is 1.68 bits per heavy atom. The van der Waals surface area contributed by atoms with Crippen molar-refractivity contribution in [3.05, 3.63) is 68.2 Å². The van der Waals surface area contributed by atoms with Crippen LogP contribution in [0.5, 0.6) is 11.5 Å². The van der Waals surface area contributed by atoms with Gasteiger partial charge >= 0.3 is 11.1 Å². The van der Waals surface area contributed by atoms with E-state index in [0.717, 1.165) is 12.0 Å². The average molecular weight is 381 g/mol. The molecule has 0 saturated carbocycles. The third-order valence-corrected chi connectivity index (χ3v) is 4.60. The minimum absolute atomic E-state index is 0.269. The van der Waals surface area contributed by atoms with Gasteiger partial charge < -0.3 is 24.8 Å². The molecule has 0 saturated heterocycles. The Morgan fingerprint density at radius 1 is 0.964 bits per heavy atom. The first-order chi connectivity index (χ1) is 13.5. The highest BCUT2D eigenvalue weighted by Crippen LogP contribution is 2.32. The van der Waals surface area contributed by atoms with Crippen molar-refractivity contribution in [3.63, 3.8) is 0 Å². The zero-order valence-corrected chi connectivity index (χ0v) is 15.2. The lowest BCUT2D eigenvalue weighted by molar-refractivity contribution is 0.0940. The zero-order valence-electron chi connectivity index (χ0n) is 15.2. The fourth-order valence-corrected chi connectivity index (χ4v) is 3.07. The maximum absolute atomic E-state index is 12.6. The number of benzene rings is 2. The Hall–Kier alpha value is -3.55. The molecule has 2 heterocycles. The zero-order chi connectivity index (χ0) is 19.7. The Bertz CT molecular complexity index is 1160. The van der Waals surface area contributed by atoms with E-state index < -0.39 is 11.1 Å². The molecule has 2 aromatic carbocycles. The van der Waals surface area contributed by atoms with E-state index in [4.69, 9.17) is 9.47 Å². The van der Waals surface area contributed by atoms with Crippen molar-refractivity contribution in [1.82, 2.24) is 15.3 Å². The van der Waals surface area contributed by atoms with Gasteiger partial charge in [-0.1, -0.05) is 6.07 Å². The lowest BCUT2D eigenvalue weighted by Crippen LogP contribution is -2.29. The van der Waals surface area contributed by atoms with Crippen LogP contribution in [0.2, 0.25) is 0 Å². The second-order valence-electron chi connectivity index (χ2n) is 6.62. The molecule has 4 rings (SSSR count). The quantitative estimate of drug-likeness (QED) is 0.600. The summed E-state index contributed by atoms with van der Waals surface area (Å²) in [5, 5.41) is 2.93. The van der Waals surface area contributed by atoms with Crippen molar-refractivity contribution in [3.8, 4) is 11.5 Å². The van der Waals surface area contributed by atoms with E-state index in [9.17, 15) is 14.4 Å². The lowest BCUT2D eigenvalue weighted by Gasteiger charge is -2.16. The summed E-state index contributed by atoms with van der Waals surface area (Å²) in [6.07, 6.45) is 0.825. The number of nitrogens with one attached hydrogen (secondary N) is 3. The standard InChI is InChI=1S/C20H19N3O5/c1-11(12-4-6-16-17(10-12)28-8-2-7-27-16)21-18(24)13-3-5-14-15(9-13)23-20(26)19(25)22-14/h3-6,9-11H,2,7-8H2,1H3,(H,21,24)(H,22,25)(H,23,26)/t11-/m0/s1. The minimum Gasteiger partial charge on any atom is -0.490 e. The summed E-state index contributed by atoms with van der Waals surface area (Å²) in [7, 11) is 0. The number of H-pyrrole nitrogens is 2. The number of aromatic nitrogens is 2. The average Bonchev–Trinajstić information content (AvgIpc) is 2.93. The highest BCUT2D eigenvalue weighted by molar-refractivity contribution is 5.97. The largest absolute Gasteiger partial charge is 0.490 e. The van der Waals surface area contributed by atoms with Gasteiger partial charge in [-0.3, -0.25) is 14.4 Å². The molecule has 0 unspecified atom stereocenters. The van der Waals surface area contributed by atoms with Gasteiger partial charge in [0.15, 0.2) is 11.5 Å². The van der Waals surface area contributed by atoms with E-state index in [-0.39, 0.29) is 11.9 Å². The molecule has 0 spiro atoms. The van der Waals surface area contributed by atoms with Crippen LogP contribution >= 0.6 is 0 Å². The van der Waals surface area contributed by atoms with Crippen LogP contribution in [0.4, 0.5) is 0 Å². The van der Waals surface area contributed by atoms with Crippen LogP contribution in [-0.2, 0) is 0 Å². The monoisotopic (exact) mass is 381 g/mol. The summed E-state index contributed by atoms with van der Waals surface area (Å²) in [4.78, 5) is 40.5. The molecule has 3 N–H and O–H groups in total. The summed E-state index contributed by atoms with van der Waals surface area (Å²) < 4.78 is 11.3. The molecule has 0 bridgehead atoms. The molecule has 0 radical (unpaired) electrons. The molecule has 144 valence electrons. The van der Waals surface area contributed by atoms with Gasteiger partial charge in [0.2, 0.25) is 0 Å². The molecule has 0 aliphatic carbocycles. The van der Waals surface area contributed by atoms with Crippen LogP contribution in [-0.4, -0.2) is 29.1 Å². The molecule has 1 aliphatic rings. The van der Waals surface area contributed by atoms with Crippen LogP contribution in [0.1, 0.15) is 35.3 Å². The molecule has 8 nitrogen and oxygen atoms in total. The predicted octanol–water partition coefficient (Wildman–Crippen LogP) is 1.87. The van der Waals surface area contributed by atoms with Gasteiger partial charge in [-0.2, -0.15) is 0 Å². The normalized spacial score (nSPS) is 14.3. The highest BCUT2D eigenvalue weighted by atomic mass is 16.5. The Labute approximate surface area is 159 Å². The van der Waals surface area contributed by atoms with Crippen LogP contribution in [0.25, 0.3) is 11.0 Å². The second kappa shape index (κ2) is 7.22. The number of carbonyl (C=O) groups excluding carboxylic acids is 1. The van der Waals surface area contributed by atoms with Crippen molar-refractivity contribution >= 4 is 16.9 Å². The third kappa shape index (κ3) is 3.48. The highest BCUT2D eigenvalue weighted by Gasteiger charge is 2.16. The summed E-state index contributed by atoms with van der Waals surface area (Å²) >= 11 is 0. The van der Waals surface area contributed by atoms with E-state index in [1.807, 2.05) is 25.1 Å². The molecule has 28 heavy (non-hydrogen) atoms. The Kier molecular flexibility index (Phi) is 4.60. The number of amides is 1. The SMILES string of the molecule is C[C@H](NC(=O)c1ccc2[nH]c(=O)c(=O)[nH]c2c1)c1ccc2c(c1)OCCCO2. The molecule has 1 aromatic heterocycles. The van der Waals surface area contributed by atoms with E-state index in [1.165, 1.54) is 6.07 Å². The molecule has 0 fully saturated rings. The second-order valence-corrected chi connectivity index (χ2v) is 6.62. The van der Waals surface area contributed by atoms with Gasteiger partial charge in [0.1, 0.15) is 0 Å². The first-order valence-corrected chi connectivity index (χ1v) is 8.98. The van der Waals surface area contributed by atoms with Crippen LogP contribution in [0.15, 0.2) is 46.0 Å². The number of fused-ring (bicyclic) bond motifs is 2. The van der Waals surface area contributed by atoms with Gasteiger partial charge in [-0.25, -0.2) is 0 Å². The molecule has 8 heteroatoms. The fourth-order valence-electron chi connectivity index (χ4n) is 3.07. The number of hydrogen-bond acceptors (Lipinski definition) is 5. The van der Waals surface area contributed by atoms with Crippen LogP contribution in [0.3, 0.4) is 0 Å². The summed E-state index contributed by atoms with van der Waals surface area (Å²) in [5.74, 6) is 1.07. The fraction of sp³-hybridized carbons (Fsp3) is 0.250. The third-order valence-electron chi connectivity index (χ3n) is 4.60. The maximum atomic E-state index is 12.6. The van der Waals surface area contributed by atoms with Crippen molar-refractivity contribution in [1.29, 1.82) is 0 Å². The van der Waals surface area contributed by atoms with Crippen molar-refractivity contribution in [2.24, 2.45) is 0 Å². The summed E-state index contributed by atoms with van der Waals surface area (Å²) in [6.45, 7) is 3.08. The number of hydrogen-bond donors (Lipinski definition) is 3. The summed E-state index contributed by atoms with van der Waals surface area (Å²) in [5.41, 5.74) is 0.614. The summed E-state index contributed by atoms with van der Waals surface area (Å²) in [6, 6.07) is 10.0. The lowest BCUT2D eigenvalue weighted by atomic mass is 10.1. The van der Waals surface area contributed by atoms with Gasteiger partial charge in [-0.05, 0) is 42.8 Å². The van der Waals surface area contributed by atoms with E-state index in [0.29, 0.717) is 41.3 Å².